The molecule has 0 unspecified atom stereocenters. The molecule has 0 amide bonds. The van der Waals surface area contributed by atoms with E-state index in [-0.39, 0.29) is 17.7 Å². The van der Waals surface area contributed by atoms with Gasteiger partial charge < -0.3 is 14.2 Å². The lowest BCUT2D eigenvalue weighted by Gasteiger charge is -2.27. The Kier molecular flexibility index (Phi) is 7.46. The van der Waals surface area contributed by atoms with E-state index >= 15 is 0 Å². The van der Waals surface area contributed by atoms with Crippen molar-refractivity contribution in [1.82, 2.24) is 4.57 Å². The number of fused-ring (bicyclic) bond motifs is 2. The number of para-hydroxylation sites is 1. The second-order valence-corrected chi connectivity index (χ2v) is 10.6. The number of methoxy groups -OCH3 is 2. The van der Waals surface area contributed by atoms with E-state index in [2.05, 4.69) is 0 Å². The van der Waals surface area contributed by atoms with E-state index < -0.39 is 12.0 Å². The number of carbonyl (C=O) groups excluding carboxylic acids is 1. The van der Waals surface area contributed by atoms with Crippen molar-refractivity contribution in [3.05, 3.63) is 133 Å². The zero-order valence-electron chi connectivity index (χ0n) is 23.4. The highest BCUT2D eigenvalue weighted by molar-refractivity contribution is 7.07. The van der Waals surface area contributed by atoms with Crippen molar-refractivity contribution in [2.75, 3.05) is 20.8 Å². The van der Waals surface area contributed by atoms with Gasteiger partial charge in [0.2, 0.25) is 0 Å². The monoisotopic (exact) mass is 576 g/mol. The molecule has 0 bridgehead atoms. The van der Waals surface area contributed by atoms with Crippen LogP contribution in [0, 0.1) is 0 Å². The molecule has 8 heteroatoms. The van der Waals surface area contributed by atoms with Gasteiger partial charge in [0.05, 0.1) is 36.6 Å². The predicted octanol–water partition coefficient (Wildman–Crippen LogP) is 5.11. The van der Waals surface area contributed by atoms with Gasteiger partial charge in [-0.3, -0.25) is 9.36 Å². The summed E-state index contributed by atoms with van der Waals surface area (Å²) in [6, 6.07) is 27.8. The number of carbonyl (C=O) groups is 1. The Morgan fingerprint density at radius 2 is 1.57 bits per heavy atom. The van der Waals surface area contributed by atoms with Crippen LogP contribution in [0.25, 0.3) is 22.5 Å². The van der Waals surface area contributed by atoms with Crippen molar-refractivity contribution in [1.29, 1.82) is 0 Å². The molecule has 1 aliphatic heterocycles. The summed E-state index contributed by atoms with van der Waals surface area (Å²) >= 11 is 1.28. The minimum atomic E-state index is -0.818. The number of nitrogens with zero attached hydrogens (tertiary/aromatic N) is 2. The van der Waals surface area contributed by atoms with E-state index in [1.54, 1.807) is 25.7 Å². The third kappa shape index (κ3) is 4.69. The van der Waals surface area contributed by atoms with Crippen molar-refractivity contribution in [2.45, 2.75) is 13.0 Å². The standard InChI is InChI=1S/C34H28N2O5S/c1-4-41-33(38)29-30(21-12-6-5-7-13-21)35-34-36(31(29)25-16-10-11-17-26(25)39-2)32(37)28(42-34)20-22-18-19-27(40-3)24-15-9-8-14-23(22)24/h5-20,31H,4H2,1-3H3/b28-20-/t31-/m1/s1. The SMILES string of the molecule is CCOC(=O)C1=C(c2ccccc2)N=c2s/c(=C\c3ccc(OC)c4ccccc34)c(=O)n2[C@@H]1c1ccccc1OC. The first-order valence-corrected chi connectivity index (χ1v) is 14.3. The maximum Gasteiger partial charge on any atom is 0.338 e. The summed E-state index contributed by atoms with van der Waals surface area (Å²) in [5.74, 6) is 0.771. The second-order valence-electron chi connectivity index (χ2n) is 9.58. The molecular formula is C34H28N2O5S. The zero-order chi connectivity index (χ0) is 29.2. The summed E-state index contributed by atoms with van der Waals surface area (Å²) in [6.45, 7) is 1.94. The van der Waals surface area contributed by atoms with E-state index in [1.165, 1.54) is 11.3 Å². The molecule has 1 aromatic heterocycles. The summed E-state index contributed by atoms with van der Waals surface area (Å²) < 4.78 is 18.9. The Balaban J connectivity index is 1.67. The van der Waals surface area contributed by atoms with Gasteiger partial charge in [-0.2, -0.15) is 0 Å². The lowest BCUT2D eigenvalue weighted by molar-refractivity contribution is -0.138. The fraction of sp³-hybridized carbons (Fsp3) is 0.147. The van der Waals surface area contributed by atoms with Crippen molar-refractivity contribution >= 4 is 39.9 Å². The maximum absolute atomic E-state index is 14.3. The van der Waals surface area contributed by atoms with Gasteiger partial charge in [0.1, 0.15) is 17.5 Å². The maximum atomic E-state index is 14.3. The lowest BCUT2D eigenvalue weighted by Crippen LogP contribution is -2.40. The van der Waals surface area contributed by atoms with Gasteiger partial charge in [-0.05, 0) is 36.1 Å². The highest BCUT2D eigenvalue weighted by Crippen LogP contribution is 2.38. The Morgan fingerprint density at radius 3 is 2.31 bits per heavy atom. The fourth-order valence-electron chi connectivity index (χ4n) is 5.37. The van der Waals surface area contributed by atoms with Crippen molar-refractivity contribution < 1.29 is 19.0 Å². The molecule has 0 aliphatic carbocycles. The number of hydrogen-bond donors (Lipinski definition) is 0. The first kappa shape index (κ1) is 27.2. The van der Waals surface area contributed by atoms with Crippen LogP contribution in [0.4, 0.5) is 0 Å². The molecule has 210 valence electrons. The molecule has 2 heterocycles. The third-order valence-corrected chi connectivity index (χ3v) is 8.21. The van der Waals surface area contributed by atoms with Crippen molar-refractivity contribution in [2.24, 2.45) is 4.99 Å². The van der Waals surface area contributed by atoms with Gasteiger partial charge in [-0.15, -0.1) is 0 Å². The molecule has 0 N–H and O–H groups in total. The molecule has 4 aromatic carbocycles. The minimum absolute atomic E-state index is 0.179. The predicted molar refractivity (Wildman–Crippen MR) is 165 cm³/mol. The number of hydrogen-bond acceptors (Lipinski definition) is 7. The topological polar surface area (TPSA) is 79.1 Å². The molecule has 0 fully saturated rings. The molecule has 0 radical (unpaired) electrons. The van der Waals surface area contributed by atoms with E-state index in [1.807, 2.05) is 97.1 Å². The van der Waals surface area contributed by atoms with Gasteiger partial charge in [0.15, 0.2) is 4.80 Å². The molecule has 7 nitrogen and oxygen atoms in total. The van der Waals surface area contributed by atoms with Crippen LogP contribution in [0.5, 0.6) is 11.5 Å². The largest absolute Gasteiger partial charge is 0.496 e. The number of benzene rings is 4. The summed E-state index contributed by atoms with van der Waals surface area (Å²) in [5.41, 5.74) is 2.77. The van der Waals surface area contributed by atoms with Gasteiger partial charge in [-0.1, -0.05) is 90.2 Å². The summed E-state index contributed by atoms with van der Waals surface area (Å²) in [6.07, 6.45) is 1.88. The number of esters is 1. The average Bonchev–Trinajstić information content (AvgIpc) is 3.35. The van der Waals surface area contributed by atoms with Crippen LogP contribution in [0.15, 0.2) is 106 Å². The molecule has 42 heavy (non-hydrogen) atoms. The number of thiazole rings is 1. The Bertz CT molecular complexity index is 2020. The molecule has 0 saturated carbocycles. The molecule has 0 spiro atoms. The quantitative estimate of drug-likeness (QED) is 0.252. The van der Waals surface area contributed by atoms with Crippen LogP contribution in [-0.2, 0) is 9.53 Å². The minimum Gasteiger partial charge on any atom is -0.496 e. The van der Waals surface area contributed by atoms with E-state index in [4.69, 9.17) is 19.2 Å². The summed E-state index contributed by atoms with van der Waals surface area (Å²) in [4.78, 5) is 33.4. The number of ether oxygens (including phenoxy) is 3. The van der Waals surface area contributed by atoms with E-state index in [0.717, 1.165) is 27.6 Å². The van der Waals surface area contributed by atoms with Crippen LogP contribution in [0.2, 0.25) is 0 Å². The lowest BCUT2D eigenvalue weighted by atomic mass is 9.92. The fourth-order valence-corrected chi connectivity index (χ4v) is 6.36. The Hall–Kier alpha value is -4.95. The van der Waals surface area contributed by atoms with Gasteiger partial charge in [0.25, 0.3) is 5.56 Å². The number of aromatic nitrogens is 1. The van der Waals surface area contributed by atoms with Crippen molar-refractivity contribution in [3.8, 4) is 11.5 Å². The van der Waals surface area contributed by atoms with Crippen molar-refractivity contribution in [3.63, 3.8) is 0 Å². The average molecular weight is 577 g/mol. The van der Waals surface area contributed by atoms with E-state index in [9.17, 15) is 9.59 Å². The smallest absolute Gasteiger partial charge is 0.338 e. The molecule has 1 atom stereocenters. The van der Waals surface area contributed by atoms with Crippen LogP contribution < -0.4 is 24.4 Å². The Morgan fingerprint density at radius 1 is 0.881 bits per heavy atom. The van der Waals surface area contributed by atoms with Gasteiger partial charge in [-0.25, -0.2) is 9.79 Å². The summed E-state index contributed by atoms with van der Waals surface area (Å²) in [7, 11) is 3.21. The number of rotatable bonds is 7. The molecular weight excluding hydrogens is 548 g/mol. The highest BCUT2D eigenvalue weighted by Gasteiger charge is 2.36. The normalized spacial score (nSPS) is 14.8. The summed E-state index contributed by atoms with van der Waals surface area (Å²) in [5, 5.41) is 1.91. The zero-order valence-corrected chi connectivity index (χ0v) is 24.2. The van der Waals surface area contributed by atoms with Gasteiger partial charge >= 0.3 is 5.97 Å². The molecule has 5 aromatic rings. The van der Waals surface area contributed by atoms with Gasteiger partial charge in [0, 0.05) is 16.5 Å². The Labute approximate surface area is 246 Å². The van der Waals surface area contributed by atoms with Crippen LogP contribution >= 0.6 is 11.3 Å². The third-order valence-electron chi connectivity index (χ3n) is 7.23. The molecule has 0 saturated heterocycles. The van der Waals surface area contributed by atoms with Crippen LogP contribution in [-0.4, -0.2) is 31.4 Å². The van der Waals surface area contributed by atoms with E-state index in [0.29, 0.717) is 26.3 Å². The first-order valence-electron chi connectivity index (χ1n) is 13.5. The molecule has 1 aliphatic rings. The second kappa shape index (κ2) is 11.5. The molecule has 6 rings (SSSR count). The highest BCUT2D eigenvalue weighted by atomic mass is 32.1. The van der Waals surface area contributed by atoms with Crippen LogP contribution in [0.1, 0.15) is 29.7 Å². The first-order chi connectivity index (χ1) is 20.5. The van der Waals surface area contributed by atoms with Crippen LogP contribution in [0.3, 0.4) is 0 Å².